The highest BCUT2D eigenvalue weighted by atomic mass is 16.2. The molecule has 0 aromatic rings. The summed E-state index contributed by atoms with van der Waals surface area (Å²) in [5.74, 6) is -0.403. The minimum Gasteiger partial charge on any atom is -0.352 e. The molecule has 28 heavy (non-hydrogen) atoms. The van der Waals surface area contributed by atoms with Crippen molar-refractivity contribution in [3.8, 4) is 0 Å². The number of rotatable bonds is 4. The second-order valence-electron chi connectivity index (χ2n) is 8.76. The molecule has 2 heterocycles. The van der Waals surface area contributed by atoms with Crippen LogP contribution in [-0.2, 0) is 14.4 Å². The number of hydrogen-bond acceptors (Lipinski definition) is 4. The minimum atomic E-state index is -0.835. The Labute approximate surface area is 166 Å². The molecule has 1 spiro atoms. The first-order valence-corrected chi connectivity index (χ1v) is 10.5. The van der Waals surface area contributed by atoms with Gasteiger partial charge in [-0.05, 0) is 31.6 Å². The van der Waals surface area contributed by atoms with E-state index in [2.05, 4.69) is 10.6 Å². The molecule has 2 N–H and O–H groups in total. The number of likely N-dealkylation sites (tertiary alicyclic amines) is 1. The average Bonchev–Trinajstić information content (AvgIpc) is 2.89. The number of nitrogens with zero attached hydrogens (tertiary/aromatic N) is 2. The van der Waals surface area contributed by atoms with E-state index >= 15 is 0 Å². The molecule has 2 aliphatic heterocycles. The number of hydrogen-bond donors (Lipinski definition) is 2. The number of imide groups is 1. The van der Waals surface area contributed by atoms with E-state index in [1.54, 1.807) is 0 Å². The van der Waals surface area contributed by atoms with Crippen molar-refractivity contribution >= 4 is 23.8 Å². The molecule has 1 aliphatic carbocycles. The van der Waals surface area contributed by atoms with E-state index < -0.39 is 11.6 Å². The first-order chi connectivity index (χ1) is 13.2. The molecule has 0 radical (unpaired) electrons. The molecule has 3 fully saturated rings. The topological polar surface area (TPSA) is 98.8 Å². The van der Waals surface area contributed by atoms with Gasteiger partial charge in [0.25, 0.3) is 5.91 Å². The lowest BCUT2D eigenvalue weighted by Gasteiger charge is -2.36. The Bertz CT molecular complexity index is 657. The summed E-state index contributed by atoms with van der Waals surface area (Å²) in [6.07, 6.45) is 4.88. The molecule has 2 saturated heterocycles. The van der Waals surface area contributed by atoms with Crippen LogP contribution in [0.5, 0.6) is 0 Å². The van der Waals surface area contributed by atoms with Gasteiger partial charge in [-0.3, -0.25) is 19.3 Å². The number of piperidine rings is 1. The Morgan fingerprint density at radius 3 is 2.46 bits per heavy atom. The van der Waals surface area contributed by atoms with Crippen LogP contribution in [0.2, 0.25) is 0 Å². The number of urea groups is 1. The highest BCUT2D eigenvalue weighted by Crippen LogP contribution is 2.38. The van der Waals surface area contributed by atoms with Gasteiger partial charge in [0.2, 0.25) is 11.8 Å². The summed E-state index contributed by atoms with van der Waals surface area (Å²) in [6, 6.07) is -0.502. The lowest BCUT2D eigenvalue weighted by molar-refractivity contribution is -0.138. The predicted molar refractivity (Wildman–Crippen MR) is 103 cm³/mol. The van der Waals surface area contributed by atoms with Crippen molar-refractivity contribution in [2.24, 2.45) is 11.8 Å². The van der Waals surface area contributed by atoms with Crippen molar-refractivity contribution in [1.82, 2.24) is 20.4 Å². The first kappa shape index (κ1) is 20.6. The van der Waals surface area contributed by atoms with Gasteiger partial charge in [0, 0.05) is 25.0 Å². The molecule has 2 unspecified atom stereocenters. The van der Waals surface area contributed by atoms with Crippen LogP contribution in [-0.4, -0.2) is 64.8 Å². The average molecular weight is 393 g/mol. The SMILES string of the molecule is CC(C)C(=O)N1CCC(NC(=O)CN2C(=O)NC3(CCCCC3C)C2=O)CC1. The lowest BCUT2D eigenvalue weighted by Crippen LogP contribution is -2.54. The molecule has 2 atom stereocenters. The maximum atomic E-state index is 12.9. The summed E-state index contributed by atoms with van der Waals surface area (Å²) in [4.78, 5) is 52.7. The molecule has 8 nitrogen and oxygen atoms in total. The largest absolute Gasteiger partial charge is 0.352 e. The van der Waals surface area contributed by atoms with Gasteiger partial charge in [-0.2, -0.15) is 0 Å². The molecule has 0 bridgehead atoms. The van der Waals surface area contributed by atoms with Gasteiger partial charge in [-0.15, -0.1) is 0 Å². The van der Waals surface area contributed by atoms with Gasteiger partial charge in [0.15, 0.2) is 0 Å². The molecule has 8 heteroatoms. The van der Waals surface area contributed by atoms with E-state index in [4.69, 9.17) is 0 Å². The van der Waals surface area contributed by atoms with Gasteiger partial charge >= 0.3 is 6.03 Å². The van der Waals surface area contributed by atoms with Crippen LogP contribution in [0.3, 0.4) is 0 Å². The summed E-state index contributed by atoms with van der Waals surface area (Å²) in [6.45, 7) is 6.75. The Morgan fingerprint density at radius 2 is 1.86 bits per heavy atom. The third-order valence-electron chi connectivity index (χ3n) is 6.47. The Balaban J connectivity index is 1.52. The van der Waals surface area contributed by atoms with Crippen molar-refractivity contribution in [2.45, 2.75) is 70.9 Å². The molecular formula is C20H32N4O4. The molecule has 5 amide bonds. The maximum Gasteiger partial charge on any atom is 0.325 e. The number of carbonyl (C=O) groups excluding carboxylic acids is 4. The van der Waals surface area contributed by atoms with Crippen molar-refractivity contribution in [3.63, 3.8) is 0 Å². The first-order valence-electron chi connectivity index (χ1n) is 10.5. The maximum absolute atomic E-state index is 12.9. The Kier molecular flexibility index (Phi) is 5.95. The van der Waals surface area contributed by atoms with Gasteiger partial charge in [-0.25, -0.2) is 4.79 Å². The van der Waals surface area contributed by atoms with E-state index in [-0.39, 0.29) is 42.1 Å². The zero-order valence-corrected chi connectivity index (χ0v) is 17.1. The van der Waals surface area contributed by atoms with Crippen LogP contribution in [0.1, 0.15) is 59.3 Å². The molecule has 1 saturated carbocycles. The van der Waals surface area contributed by atoms with E-state index in [1.165, 1.54) is 0 Å². The van der Waals surface area contributed by atoms with Crippen LogP contribution >= 0.6 is 0 Å². The summed E-state index contributed by atoms with van der Waals surface area (Å²) >= 11 is 0. The van der Waals surface area contributed by atoms with Crippen LogP contribution < -0.4 is 10.6 Å². The Hall–Kier alpha value is -2.12. The van der Waals surface area contributed by atoms with Crippen molar-refractivity contribution in [1.29, 1.82) is 0 Å². The fourth-order valence-corrected chi connectivity index (χ4v) is 4.67. The van der Waals surface area contributed by atoms with Gasteiger partial charge < -0.3 is 15.5 Å². The fraction of sp³-hybridized carbons (Fsp3) is 0.800. The quantitative estimate of drug-likeness (QED) is 0.704. The van der Waals surface area contributed by atoms with E-state index in [0.717, 1.165) is 24.2 Å². The normalized spacial score (nSPS) is 28.8. The smallest absolute Gasteiger partial charge is 0.325 e. The highest BCUT2D eigenvalue weighted by molar-refractivity contribution is 6.09. The second-order valence-corrected chi connectivity index (χ2v) is 8.76. The summed E-state index contributed by atoms with van der Waals surface area (Å²) in [5, 5.41) is 5.80. The van der Waals surface area contributed by atoms with E-state index in [1.807, 2.05) is 25.7 Å². The molecule has 0 aromatic carbocycles. The van der Waals surface area contributed by atoms with Crippen LogP contribution in [0, 0.1) is 11.8 Å². The van der Waals surface area contributed by atoms with Gasteiger partial charge in [0.05, 0.1) is 0 Å². The number of carbonyl (C=O) groups is 4. The summed E-state index contributed by atoms with van der Waals surface area (Å²) < 4.78 is 0. The third-order valence-corrected chi connectivity index (χ3v) is 6.47. The molecule has 156 valence electrons. The van der Waals surface area contributed by atoms with Crippen LogP contribution in [0.25, 0.3) is 0 Å². The lowest BCUT2D eigenvalue weighted by atomic mass is 9.73. The molecule has 3 rings (SSSR count). The van der Waals surface area contributed by atoms with Gasteiger partial charge in [0.1, 0.15) is 12.1 Å². The summed E-state index contributed by atoms with van der Waals surface area (Å²) in [7, 11) is 0. The molecular weight excluding hydrogens is 360 g/mol. The zero-order chi connectivity index (χ0) is 20.5. The van der Waals surface area contributed by atoms with Crippen LogP contribution in [0.15, 0.2) is 0 Å². The minimum absolute atomic E-state index is 0.0275. The van der Waals surface area contributed by atoms with Gasteiger partial charge in [-0.1, -0.05) is 33.6 Å². The van der Waals surface area contributed by atoms with Crippen molar-refractivity contribution in [2.75, 3.05) is 19.6 Å². The Morgan fingerprint density at radius 1 is 1.18 bits per heavy atom. The standard InChI is InChI=1S/C20H32N4O4/c1-13(2)17(26)23-10-7-15(8-11-23)21-16(25)12-24-18(27)20(22-19(24)28)9-5-4-6-14(20)3/h13-15H,4-12H2,1-3H3,(H,21,25)(H,22,28). The predicted octanol–water partition coefficient (Wildman–Crippen LogP) is 1.25. The zero-order valence-electron chi connectivity index (χ0n) is 17.1. The van der Waals surface area contributed by atoms with E-state index in [9.17, 15) is 19.2 Å². The fourth-order valence-electron chi connectivity index (χ4n) is 4.67. The number of amides is 5. The van der Waals surface area contributed by atoms with Crippen molar-refractivity contribution < 1.29 is 19.2 Å². The third kappa shape index (κ3) is 3.86. The summed E-state index contributed by atoms with van der Waals surface area (Å²) in [5.41, 5.74) is -0.835. The van der Waals surface area contributed by atoms with Crippen LogP contribution in [0.4, 0.5) is 4.79 Å². The monoisotopic (exact) mass is 392 g/mol. The van der Waals surface area contributed by atoms with Crippen molar-refractivity contribution in [3.05, 3.63) is 0 Å². The molecule has 3 aliphatic rings. The van der Waals surface area contributed by atoms with E-state index in [0.29, 0.717) is 32.4 Å². The second kappa shape index (κ2) is 8.09. The number of nitrogens with one attached hydrogen (secondary N) is 2. The molecule has 0 aromatic heterocycles. The highest BCUT2D eigenvalue weighted by Gasteiger charge is 2.55.